The minimum Gasteiger partial charge on any atom is -0.323 e. The molecular formula is C18H14N6O. The first kappa shape index (κ1) is 14.9. The Bertz CT molecular complexity index is 1020. The van der Waals surface area contributed by atoms with Gasteiger partial charge in [-0.15, -0.1) is 0 Å². The van der Waals surface area contributed by atoms with Gasteiger partial charge in [-0.2, -0.15) is 5.10 Å². The van der Waals surface area contributed by atoms with Crippen LogP contribution in [0.15, 0.2) is 61.3 Å². The van der Waals surface area contributed by atoms with Crippen LogP contribution in [-0.2, 0) is 11.2 Å². The summed E-state index contributed by atoms with van der Waals surface area (Å²) in [5, 5.41) is 10.7. The van der Waals surface area contributed by atoms with Crippen LogP contribution in [0.1, 0.15) is 5.56 Å². The molecule has 25 heavy (non-hydrogen) atoms. The number of nitrogens with one attached hydrogen (secondary N) is 2. The zero-order chi connectivity index (χ0) is 17.1. The van der Waals surface area contributed by atoms with Crippen molar-refractivity contribution in [1.82, 2.24) is 25.1 Å². The molecule has 3 heterocycles. The summed E-state index contributed by atoms with van der Waals surface area (Å²) < 4.78 is 0. The van der Waals surface area contributed by atoms with Crippen LogP contribution in [0.25, 0.3) is 22.3 Å². The van der Waals surface area contributed by atoms with Crippen LogP contribution < -0.4 is 5.32 Å². The van der Waals surface area contributed by atoms with Gasteiger partial charge in [-0.05, 0) is 17.7 Å². The number of amides is 1. The van der Waals surface area contributed by atoms with Gasteiger partial charge >= 0.3 is 0 Å². The lowest BCUT2D eigenvalue weighted by Gasteiger charge is -2.07. The van der Waals surface area contributed by atoms with Crippen molar-refractivity contribution in [3.63, 3.8) is 0 Å². The number of carbonyl (C=O) groups is 1. The van der Waals surface area contributed by atoms with Crippen molar-refractivity contribution in [2.45, 2.75) is 6.42 Å². The number of fused-ring (bicyclic) bond motifs is 1. The Labute approximate surface area is 143 Å². The summed E-state index contributed by atoms with van der Waals surface area (Å²) >= 11 is 0. The zero-order valence-electron chi connectivity index (χ0n) is 13.2. The summed E-state index contributed by atoms with van der Waals surface area (Å²) in [6, 6.07) is 9.60. The molecule has 1 aromatic carbocycles. The standard InChI is InChI=1S/C18H14N6O/c25-17(9-12-3-1-5-14-13(12)4-2-6-20-14)23-16-11-22-24-18(16)15-10-19-7-8-21-15/h1-8,10-11H,9H2,(H,22,24)(H,23,25). The van der Waals surface area contributed by atoms with Gasteiger partial charge in [-0.25, -0.2) is 0 Å². The number of carbonyl (C=O) groups excluding carboxylic acids is 1. The Morgan fingerprint density at radius 2 is 2.00 bits per heavy atom. The number of nitrogens with zero attached hydrogens (tertiary/aromatic N) is 4. The molecule has 0 atom stereocenters. The number of hydrogen-bond donors (Lipinski definition) is 2. The molecule has 0 bridgehead atoms. The molecule has 0 unspecified atom stereocenters. The van der Waals surface area contributed by atoms with E-state index in [0.717, 1.165) is 16.5 Å². The summed E-state index contributed by atoms with van der Waals surface area (Å²) in [7, 11) is 0. The Balaban J connectivity index is 1.57. The lowest BCUT2D eigenvalue weighted by molar-refractivity contribution is -0.115. The molecule has 0 saturated carbocycles. The molecule has 2 N–H and O–H groups in total. The molecule has 7 nitrogen and oxygen atoms in total. The van der Waals surface area contributed by atoms with Crippen LogP contribution in [0.3, 0.4) is 0 Å². The SMILES string of the molecule is O=C(Cc1cccc2ncccc12)Nc1cn[nH]c1-c1cnccn1. The van der Waals surface area contributed by atoms with Gasteiger partial charge in [-0.1, -0.05) is 18.2 Å². The minimum atomic E-state index is -0.136. The molecule has 0 aliphatic rings. The Morgan fingerprint density at radius 1 is 1.04 bits per heavy atom. The molecule has 0 saturated heterocycles. The van der Waals surface area contributed by atoms with E-state index in [0.29, 0.717) is 17.1 Å². The van der Waals surface area contributed by atoms with Gasteiger partial charge in [0, 0.05) is 24.0 Å². The number of benzene rings is 1. The number of pyridine rings is 1. The summed E-state index contributed by atoms with van der Waals surface area (Å²) in [4.78, 5) is 25.1. The molecule has 0 aliphatic carbocycles. The normalized spacial score (nSPS) is 10.7. The largest absolute Gasteiger partial charge is 0.323 e. The predicted octanol–water partition coefficient (Wildman–Crippen LogP) is 2.60. The lowest BCUT2D eigenvalue weighted by Crippen LogP contribution is -2.15. The molecule has 3 aromatic heterocycles. The van der Waals surface area contributed by atoms with Crippen LogP contribution in [-0.4, -0.2) is 31.1 Å². The molecule has 122 valence electrons. The number of H-pyrrole nitrogens is 1. The van der Waals surface area contributed by atoms with Crippen LogP contribution in [0.4, 0.5) is 5.69 Å². The summed E-state index contributed by atoms with van der Waals surface area (Å²) in [6.45, 7) is 0. The van der Waals surface area contributed by atoms with Gasteiger partial charge in [-0.3, -0.25) is 24.8 Å². The number of hydrogen-bond acceptors (Lipinski definition) is 5. The highest BCUT2D eigenvalue weighted by atomic mass is 16.1. The van der Waals surface area contributed by atoms with Crippen molar-refractivity contribution < 1.29 is 4.79 Å². The van der Waals surface area contributed by atoms with Crippen LogP contribution in [0.2, 0.25) is 0 Å². The monoisotopic (exact) mass is 330 g/mol. The van der Waals surface area contributed by atoms with E-state index in [9.17, 15) is 4.79 Å². The Morgan fingerprint density at radius 3 is 2.88 bits per heavy atom. The second kappa shape index (κ2) is 6.48. The third-order valence-corrected chi connectivity index (χ3v) is 3.82. The highest BCUT2D eigenvalue weighted by molar-refractivity contribution is 5.97. The fourth-order valence-electron chi connectivity index (χ4n) is 2.69. The Kier molecular flexibility index (Phi) is 3.88. The van der Waals surface area contributed by atoms with Crippen molar-refractivity contribution in [2.75, 3.05) is 5.32 Å². The third kappa shape index (κ3) is 3.07. The van der Waals surface area contributed by atoms with Crippen LogP contribution in [0.5, 0.6) is 0 Å². The van der Waals surface area contributed by atoms with Crippen molar-refractivity contribution in [1.29, 1.82) is 0 Å². The minimum absolute atomic E-state index is 0.136. The number of rotatable bonds is 4. The molecule has 0 radical (unpaired) electrons. The van der Waals surface area contributed by atoms with E-state index in [2.05, 4.69) is 30.5 Å². The topological polar surface area (TPSA) is 96.5 Å². The highest BCUT2D eigenvalue weighted by Gasteiger charge is 2.13. The Hall–Kier alpha value is -3.61. The summed E-state index contributed by atoms with van der Waals surface area (Å²) in [5.41, 5.74) is 3.61. The van der Waals surface area contributed by atoms with Crippen molar-refractivity contribution in [2.24, 2.45) is 0 Å². The molecule has 7 heteroatoms. The van der Waals surface area contributed by atoms with Crippen molar-refractivity contribution in [3.05, 3.63) is 66.9 Å². The first-order valence-corrected chi connectivity index (χ1v) is 7.73. The number of aromatic nitrogens is 5. The fourth-order valence-corrected chi connectivity index (χ4v) is 2.69. The summed E-state index contributed by atoms with van der Waals surface area (Å²) in [6.07, 6.45) is 8.34. The smallest absolute Gasteiger partial charge is 0.228 e. The summed E-state index contributed by atoms with van der Waals surface area (Å²) in [5.74, 6) is -0.136. The van der Waals surface area contributed by atoms with Gasteiger partial charge < -0.3 is 5.32 Å². The molecular weight excluding hydrogens is 316 g/mol. The maximum atomic E-state index is 12.5. The van der Waals surface area contributed by atoms with Gasteiger partial charge in [0.25, 0.3) is 0 Å². The molecule has 4 aromatic rings. The van der Waals surface area contributed by atoms with Gasteiger partial charge in [0.1, 0.15) is 11.4 Å². The molecule has 1 amide bonds. The number of anilines is 1. The maximum Gasteiger partial charge on any atom is 0.228 e. The van der Waals surface area contributed by atoms with Crippen LogP contribution in [0, 0.1) is 0 Å². The third-order valence-electron chi connectivity index (χ3n) is 3.82. The number of aromatic amines is 1. The lowest BCUT2D eigenvalue weighted by atomic mass is 10.1. The van der Waals surface area contributed by atoms with E-state index in [1.807, 2.05) is 30.3 Å². The van der Waals surface area contributed by atoms with E-state index in [1.165, 1.54) is 0 Å². The van der Waals surface area contributed by atoms with E-state index in [1.54, 1.807) is 31.0 Å². The van der Waals surface area contributed by atoms with Crippen LogP contribution >= 0.6 is 0 Å². The van der Waals surface area contributed by atoms with Gasteiger partial charge in [0.05, 0.1) is 30.0 Å². The fraction of sp³-hybridized carbons (Fsp3) is 0.0556. The average molecular weight is 330 g/mol. The average Bonchev–Trinajstić information content (AvgIpc) is 3.11. The van der Waals surface area contributed by atoms with E-state index in [4.69, 9.17) is 0 Å². The predicted molar refractivity (Wildman–Crippen MR) is 93.7 cm³/mol. The first-order valence-electron chi connectivity index (χ1n) is 7.73. The van der Waals surface area contributed by atoms with Gasteiger partial charge in [0.15, 0.2) is 0 Å². The second-order valence-corrected chi connectivity index (χ2v) is 5.46. The second-order valence-electron chi connectivity index (χ2n) is 5.46. The van der Waals surface area contributed by atoms with E-state index >= 15 is 0 Å². The quantitative estimate of drug-likeness (QED) is 0.599. The highest BCUT2D eigenvalue weighted by Crippen LogP contribution is 2.23. The molecule has 0 spiro atoms. The molecule has 0 fully saturated rings. The molecule has 4 rings (SSSR count). The first-order chi connectivity index (χ1) is 12.3. The van der Waals surface area contributed by atoms with E-state index in [-0.39, 0.29) is 12.3 Å². The van der Waals surface area contributed by atoms with Crippen molar-refractivity contribution in [3.8, 4) is 11.4 Å². The van der Waals surface area contributed by atoms with E-state index < -0.39 is 0 Å². The zero-order valence-corrected chi connectivity index (χ0v) is 13.2. The molecule has 0 aliphatic heterocycles. The maximum absolute atomic E-state index is 12.5. The van der Waals surface area contributed by atoms with Gasteiger partial charge in [0.2, 0.25) is 5.91 Å². The van der Waals surface area contributed by atoms with Crippen molar-refractivity contribution >= 4 is 22.5 Å².